The van der Waals surface area contributed by atoms with Crippen LogP contribution in [0.4, 0.5) is 5.69 Å². The molecule has 2 amide bonds. The van der Waals surface area contributed by atoms with Gasteiger partial charge < -0.3 is 25.6 Å². The van der Waals surface area contributed by atoms with Gasteiger partial charge in [-0.1, -0.05) is 6.92 Å². The highest BCUT2D eigenvalue weighted by Crippen LogP contribution is 2.29. The average Bonchev–Trinajstić information content (AvgIpc) is 2.65. The molecule has 1 aliphatic heterocycles. The van der Waals surface area contributed by atoms with Gasteiger partial charge in [0.15, 0.2) is 5.96 Å². The summed E-state index contributed by atoms with van der Waals surface area (Å²) in [5.74, 6) is 1.07. The van der Waals surface area contributed by atoms with Gasteiger partial charge in [-0.05, 0) is 38.0 Å². The predicted octanol–water partition coefficient (Wildman–Crippen LogP) is 1.61. The van der Waals surface area contributed by atoms with Gasteiger partial charge in [0.2, 0.25) is 11.8 Å². The predicted molar refractivity (Wildman–Crippen MR) is 109 cm³/mol. The summed E-state index contributed by atoms with van der Waals surface area (Å²) in [5, 5.41) is 2.94. The van der Waals surface area contributed by atoms with Crippen molar-refractivity contribution < 1.29 is 14.3 Å². The van der Waals surface area contributed by atoms with Crippen LogP contribution in [-0.2, 0) is 16.1 Å². The highest BCUT2D eigenvalue weighted by atomic mass is 16.5. The van der Waals surface area contributed by atoms with Gasteiger partial charge in [0.05, 0.1) is 18.8 Å². The number of ether oxygens (including phenoxy) is 1. The Kier molecular flexibility index (Phi) is 7.66. The van der Waals surface area contributed by atoms with Crippen LogP contribution >= 0.6 is 0 Å². The minimum absolute atomic E-state index is 0.0751. The van der Waals surface area contributed by atoms with Crippen molar-refractivity contribution in [3.05, 3.63) is 23.8 Å². The van der Waals surface area contributed by atoms with Crippen LogP contribution in [0.5, 0.6) is 5.75 Å². The van der Waals surface area contributed by atoms with Crippen molar-refractivity contribution >= 4 is 23.5 Å². The van der Waals surface area contributed by atoms with Crippen LogP contribution in [0.1, 0.15) is 38.7 Å². The van der Waals surface area contributed by atoms with E-state index in [4.69, 9.17) is 10.5 Å². The second-order valence-corrected chi connectivity index (χ2v) is 7.23. The van der Waals surface area contributed by atoms with Crippen LogP contribution in [0.3, 0.4) is 0 Å². The lowest BCUT2D eigenvalue weighted by molar-refractivity contribution is -0.129. The highest BCUT2D eigenvalue weighted by molar-refractivity contribution is 5.88. The molecule has 0 radical (unpaired) electrons. The molecule has 1 heterocycles. The van der Waals surface area contributed by atoms with Crippen LogP contribution in [0.25, 0.3) is 0 Å². The smallest absolute Gasteiger partial charge is 0.239 e. The van der Waals surface area contributed by atoms with Crippen molar-refractivity contribution in [3.8, 4) is 5.75 Å². The summed E-state index contributed by atoms with van der Waals surface area (Å²) < 4.78 is 5.76. The molecule has 28 heavy (non-hydrogen) atoms. The number of hydrogen-bond acceptors (Lipinski definition) is 6. The van der Waals surface area contributed by atoms with Crippen molar-refractivity contribution in [2.24, 2.45) is 10.7 Å². The van der Waals surface area contributed by atoms with Crippen molar-refractivity contribution in [3.63, 3.8) is 0 Å². The third kappa shape index (κ3) is 6.14. The number of rotatable bonds is 9. The third-order valence-corrected chi connectivity index (χ3v) is 4.63. The molecule has 0 saturated heterocycles. The van der Waals surface area contributed by atoms with E-state index in [0.29, 0.717) is 32.0 Å². The van der Waals surface area contributed by atoms with Crippen molar-refractivity contribution in [2.75, 3.05) is 27.2 Å². The number of hydrogen-bond donors (Lipinski definition) is 2. The standard InChI is InChI=1S/C20H31N5O3/c1-5-14(2)22-18(26)13-25-12-15-11-16(8-9-17(15)23-20(25)21)28-10-6-7-19(27)24(3)4/h8-9,11,14H,5-7,10,12-13H2,1-4H3,(H2,21,23)(H,22,26). The fourth-order valence-corrected chi connectivity index (χ4v) is 2.74. The van der Waals surface area contributed by atoms with E-state index >= 15 is 0 Å². The number of carbonyl (C=O) groups is 2. The molecular formula is C20H31N5O3. The second kappa shape index (κ2) is 9.96. The Morgan fingerprint density at radius 1 is 1.39 bits per heavy atom. The molecule has 8 nitrogen and oxygen atoms in total. The summed E-state index contributed by atoms with van der Waals surface area (Å²) in [6, 6.07) is 5.74. The summed E-state index contributed by atoms with van der Waals surface area (Å²) in [5.41, 5.74) is 7.76. The number of fused-ring (bicyclic) bond motifs is 1. The zero-order valence-corrected chi connectivity index (χ0v) is 17.2. The van der Waals surface area contributed by atoms with Gasteiger partial charge in [-0.2, -0.15) is 0 Å². The molecule has 8 heteroatoms. The van der Waals surface area contributed by atoms with E-state index in [1.807, 2.05) is 32.0 Å². The van der Waals surface area contributed by atoms with E-state index in [0.717, 1.165) is 23.4 Å². The highest BCUT2D eigenvalue weighted by Gasteiger charge is 2.21. The summed E-state index contributed by atoms with van der Waals surface area (Å²) in [6.45, 7) is 5.11. The Balaban J connectivity index is 1.93. The first-order valence-electron chi connectivity index (χ1n) is 9.64. The van der Waals surface area contributed by atoms with Gasteiger partial charge in [0, 0.05) is 38.7 Å². The Labute approximate surface area is 166 Å². The molecule has 1 aromatic carbocycles. The molecule has 1 aromatic rings. The third-order valence-electron chi connectivity index (χ3n) is 4.63. The molecule has 0 saturated carbocycles. The fraction of sp³-hybridized carbons (Fsp3) is 0.550. The Hall–Kier alpha value is -2.77. The van der Waals surface area contributed by atoms with E-state index < -0.39 is 0 Å². The molecular weight excluding hydrogens is 358 g/mol. The van der Waals surface area contributed by atoms with Crippen molar-refractivity contribution in [1.82, 2.24) is 15.1 Å². The average molecular weight is 390 g/mol. The van der Waals surface area contributed by atoms with Crippen LogP contribution < -0.4 is 15.8 Å². The van der Waals surface area contributed by atoms with Crippen LogP contribution in [0.2, 0.25) is 0 Å². The normalized spacial score (nSPS) is 14.0. The largest absolute Gasteiger partial charge is 0.494 e. The number of amides is 2. The second-order valence-electron chi connectivity index (χ2n) is 7.23. The number of nitrogens with one attached hydrogen (secondary N) is 1. The Morgan fingerprint density at radius 2 is 2.14 bits per heavy atom. The van der Waals surface area contributed by atoms with Crippen molar-refractivity contribution in [1.29, 1.82) is 0 Å². The Morgan fingerprint density at radius 3 is 2.82 bits per heavy atom. The summed E-state index contributed by atoms with van der Waals surface area (Å²) in [4.78, 5) is 31.5. The first-order chi connectivity index (χ1) is 13.3. The molecule has 1 aliphatic rings. The summed E-state index contributed by atoms with van der Waals surface area (Å²) >= 11 is 0. The SMILES string of the molecule is CCC(C)NC(=O)CN1Cc2cc(OCCCC(=O)N(C)C)ccc2N=C1N. The van der Waals surface area contributed by atoms with Gasteiger partial charge in [0.1, 0.15) is 5.75 Å². The number of nitrogens with two attached hydrogens (primary N) is 1. The number of nitrogens with zero attached hydrogens (tertiary/aromatic N) is 3. The van der Waals surface area contributed by atoms with E-state index in [-0.39, 0.29) is 24.4 Å². The quantitative estimate of drug-likeness (QED) is 0.625. The van der Waals surface area contributed by atoms with E-state index in [1.165, 1.54) is 0 Å². The van der Waals surface area contributed by atoms with Crippen LogP contribution in [0.15, 0.2) is 23.2 Å². The zero-order valence-electron chi connectivity index (χ0n) is 17.2. The zero-order chi connectivity index (χ0) is 20.7. The fourth-order valence-electron chi connectivity index (χ4n) is 2.74. The van der Waals surface area contributed by atoms with Crippen LogP contribution in [0, 0.1) is 0 Å². The number of benzene rings is 1. The Bertz CT molecular complexity index is 733. The first kappa shape index (κ1) is 21.5. The molecule has 3 N–H and O–H groups in total. The van der Waals surface area contributed by atoms with E-state index in [9.17, 15) is 9.59 Å². The number of aliphatic imine (C=N–C) groups is 1. The van der Waals surface area contributed by atoms with Gasteiger partial charge in [-0.15, -0.1) is 0 Å². The topological polar surface area (TPSA) is 100 Å². The molecule has 0 aliphatic carbocycles. The van der Waals surface area contributed by atoms with Gasteiger partial charge in [0.25, 0.3) is 0 Å². The van der Waals surface area contributed by atoms with E-state index in [2.05, 4.69) is 10.3 Å². The van der Waals surface area contributed by atoms with E-state index in [1.54, 1.807) is 23.9 Å². The van der Waals surface area contributed by atoms with Gasteiger partial charge >= 0.3 is 0 Å². The molecule has 0 bridgehead atoms. The molecule has 1 atom stereocenters. The lowest BCUT2D eigenvalue weighted by Crippen LogP contribution is -2.46. The maximum atomic E-state index is 12.2. The molecule has 0 aromatic heterocycles. The van der Waals surface area contributed by atoms with Gasteiger partial charge in [-0.25, -0.2) is 4.99 Å². The molecule has 1 unspecified atom stereocenters. The monoisotopic (exact) mass is 389 g/mol. The first-order valence-corrected chi connectivity index (χ1v) is 9.64. The molecule has 154 valence electrons. The summed E-state index contributed by atoms with van der Waals surface area (Å²) in [7, 11) is 3.49. The van der Waals surface area contributed by atoms with Crippen LogP contribution in [-0.4, -0.2) is 60.9 Å². The van der Waals surface area contributed by atoms with Crippen molar-refractivity contribution in [2.45, 2.75) is 45.7 Å². The lowest BCUT2D eigenvalue weighted by Gasteiger charge is -2.28. The van der Waals surface area contributed by atoms with Gasteiger partial charge in [-0.3, -0.25) is 9.59 Å². The minimum atomic E-state index is -0.0751. The number of carbonyl (C=O) groups excluding carboxylic acids is 2. The lowest BCUT2D eigenvalue weighted by atomic mass is 10.1. The maximum Gasteiger partial charge on any atom is 0.239 e. The molecule has 2 rings (SSSR count). The minimum Gasteiger partial charge on any atom is -0.494 e. The maximum absolute atomic E-state index is 12.2. The molecule has 0 spiro atoms. The summed E-state index contributed by atoms with van der Waals surface area (Å²) in [6.07, 6.45) is 1.98. The molecule has 0 fully saturated rings. The number of guanidine groups is 1.